The number of hydrazine groups is 1. The molecule has 2 aliphatic heterocycles. The molecule has 1 amide bonds. The summed E-state index contributed by atoms with van der Waals surface area (Å²) in [6.07, 6.45) is 5.29. The Hall–Kier alpha value is -1.39. The fourth-order valence-corrected chi connectivity index (χ4v) is 3.27. The van der Waals surface area contributed by atoms with Crippen molar-refractivity contribution in [1.29, 1.82) is 0 Å². The Labute approximate surface area is 120 Å². The van der Waals surface area contributed by atoms with E-state index in [-0.39, 0.29) is 11.9 Å². The zero-order chi connectivity index (χ0) is 13.9. The number of hydrogen-bond acceptors (Lipinski definition) is 3. The highest BCUT2D eigenvalue weighted by molar-refractivity contribution is 5.98. The first-order valence-electron chi connectivity index (χ1n) is 7.70. The van der Waals surface area contributed by atoms with Crippen LogP contribution in [-0.4, -0.2) is 24.5 Å². The summed E-state index contributed by atoms with van der Waals surface area (Å²) >= 11 is 0. The van der Waals surface area contributed by atoms with E-state index in [0.717, 1.165) is 44.3 Å². The van der Waals surface area contributed by atoms with E-state index in [1.165, 1.54) is 5.56 Å². The van der Waals surface area contributed by atoms with E-state index in [9.17, 15) is 4.79 Å². The molecule has 0 bridgehead atoms. The van der Waals surface area contributed by atoms with E-state index < -0.39 is 0 Å². The monoisotopic (exact) mass is 273 g/mol. The molecular weight excluding hydrogens is 250 g/mol. The SMILES string of the molecule is CCCC1CC(C(=O)N2CCCc3ccccc32)NN1. The second-order valence-electron chi connectivity index (χ2n) is 5.78. The molecule has 4 nitrogen and oxygen atoms in total. The van der Waals surface area contributed by atoms with Crippen molar-refractivity contribution in [2.45, 2.75) is 51.1 Å². The lowest BCUT2D eigenvalue weighted by atomic mass is 9.99. The molecule has 2 N–H and O–H groups in total. The Morgan fingerprint density at radius 1 is 1.35 bits per heavy atom. The number of hydrogen-bond donors (Lipinski definition) is 2. The van der Waals surface area contributed by atoms with Gasteiger partial charge in [0.25, 0.3) is 0 Å². The van der Waals surface area contributed by atoms with E-state index >= 15 is 0 Å². The molecule has 1 aromatic rings. The molecule has 4 heteroatoms. The van der Waals surface area contributed by atoms with Crippen LogP contribution in [0.2, 0.25) is 0 Å². The zero-order valence-electron chi connectivity index (χ0n) is 12.1. The fourth-order valence-electron chi connectivity index (χ4n) is 3.27. The minimum atomic E-state index is -0.0855. The molecule has 20 heavy (non-hydrogen) atoms. The molecule has 2 aliphatic rings. The molecule has 0 spiro atoms. The van der Waals surface area contributed by atoms with Gasteiger partial charge >= 0.3 is 0 Å². The van der Waals surface area contributed by atoms with Crippen LogP contribution >= 0.6 is 0 Å². The van der Waals surface area contributed by atoms with Crippen molar-refractivity contribution in [3.05, 3.63) is 29.8 Å². The molecule has 0 aliphatic carbocycles. The molecule has 1 fully saturated rings. The second-order valence-corrected chi connectivity index (χ2v) is 5.78. The minimum Gasteiger partial charge on any atom is -0.311 e. The maximum atomic E-state index is 12.7. The minimum absolute atomic E-state index is 0.0855. The predicted molar refractivity (Wildman–Crippen MR) is 80.5 cm³/mol. The maximum absolute atomic E-state index is 12.7. The van der Waals surface area contributed by atoms with Gasteiger partial charge in [-0.05, 0) is 37.3 Å². The number of anilines is 1. The first-order chi connectivity index (χ1) is 9.79. The van der Waals surface area contributed by atoms with E-state index in [1.807, 2.05) is 11.0 Å². The van der Waals surface area contributed by atoms with Crippen LogP contribution in [0.25, 0.3) is 0 Å². The second kappa shape index (κ2) is 5.94. The van der Waals surface area contributed by atoms with Crippen LogP contribution in [0, 0.1) is 0 Å². The summed E-state index contributed by atoms with van der Waals surface area (Å²) in [7, 11) is 0. The lowest BCUT2D eigenvalue weighted by molar-refractivity contribution is -0.120. The standard InChI is InChI=1S/C16H23N3O/c1-2-6-13-11-14(18-17-13)16(20)19-10-5-8-12-7-3-4-9-15(12)19/h3-4,7,9,13-14,17-18H,2,5-6,8,10-11H2,1H3. The van der Waals surface area contributed by atoms with Crippen LogP contribution in [0.15, 0.2) is 24.3 Å². The Morgan fingerprint density at radius 2 is 2.20 bits per heavy atom. The van der Waals surface area contributed by atoms with Crippen molar-refractivity contribution in [3.8, 4) is 0 Å². The number of fused-ring (bicyclic) bond motifs is 1. The van der Waals surface area contributed by atoms with Crippen molar-refractivity contribution in [2.24, 2.45) is 0 Å². The maximum Gasteiger partial charge on any atom is 0.245 e. The number of carbonyl (C=O) groups excluding carboxylic acids is 1. The summed E-state index contributed by atoms with van der Waals surface area (Å²) in [5.41, 5.74) is 8.83. The van der Waals surface area contributed by atoms with Crippen LogP contribution in [-0.2, 0) is 11.2 Å². The lowest BCUT2D eigenvalue weighted by Gasteiger charge is -2.31. The summed E-state index contributed by atoms with van der Waals surface area (Å²) in [6.45, 7) is 3.02. The lowest BCUT2D eigenvalue weighted by Crippen LogP contribution is -2.47. The molecule has 0 saturated carbocycles. The van der Waals surface area contributed by atoms with Gasteiger partial charge in [-0.15, -0.1) is 0 Å². The smallest absolute Gasteiger partial charge is 0.245 e. The average Bonchev–Trinajstić information content (AvgIpc) is 2.95. The first-order valence-corrected chi connectivity index (χ1v) is 7.70. The third kappa shape index (κ3) is 2.58. The third-order valence-electron chi connectivity index (χ3n) is 4.29. The first kappa shape index (κ1) is 13.6. The van der Waals surface area contributed by atoms with Crippen molar-refractivity contribution in [1.82, 2.24) is 10.9 Å². The van der Waals surface area contributed by atoms with Gasteiger partial charge in [-0.2, -0.15) is 0 Å². The van der Waals surface area contributed by atoms with Crippen LogP contribution in [0.5, 0.6) is 0 Å². The Balaban J connectivity index is 1.73. The summed E-state index contributed by atoms with van der Waals surface area (Å²) in [6, 6.07) is 8.61. The van der Waals surface area contributed by atoms with Crippen molar-refractivity contribution >= 4 is 11.6 Å². The van der Waals surface area contributed by atoms with Gasteiger partial charge in [0, 0.05) is 18.3 Å². The quantitative estimate of drug-likeness (QED) is 0.885. The van der Waals surface area contributed by atoms with Crippen molar-refractivity contribution in [3.63, 3.8) is 0 Å². The van der Waals surface area contributed by atoms with Gasteiger partial charge in [0.1, 0.15) is 6.04 Å². The summed E-state index contributed by atoms with van der Waals surface area (Å²) in [5, 5.41) is 0. The van der Waals surface area contributed by atoms with Gasteiger partial charge in [-0.3, -0.25) is 10.2 Å². The molecule has 108 valence electrons. The van der Waals surface area contributed by atoms with Crippen LogP contribution < -0.4 is 15.8 Å². The summed E-state index contributed by atoms with van der Waals surface area (Å²) in [4.78, 5) is 14.7. The van der Waals surface area contributed by atoms with Crippen LogP contribution in [0.1, 0.15) is 38.2 Å². The number of aryl methyl sites for hydroxylation is 1. The Kier molecular flexibility index (Phi) is 4.03. The van der Waals surface area contributed by atoms with E-state index in [1.54, 1.807) is 0 Å². The highest BCUT2D eigenvalue weighted by atomic mass is 16.2. The third-order valence-corrected chi connectivity index (χ3v) is 4.29. The molecule has 2 atom stereocenters. The molecule has 1 saturated heterocycles. The highest BCUT2D eigenvalue weighted by Crippen LogP contribution is 2.28. The van der Waals surface area contributed by atoms with Gasteiger partial charge < -0.3 is 4.90 Å². The molecule has 2 heterocycles. The molecule has 0 radical (unpaired) electrons. The predicted octanol–water partition coefficient (Wildman–Crippen LogP) is 2.00. The largest absolute Gasteiger partial charge is 0.311 e. The molecule has 0 aromatic heterocycles. The molecule has 2 unspecified atom stereocenters. The normalized spacial score (nSPS) is 25.6. The number of amides is 1. The number of carbonyl (C=O) groups is 1. The van der Waals surface area contributed by atoms with Gasteiger partial charge in [-0.25, -0.2) is 5.43 Å². The van der Waals surface area contributed by atoms with Crippen LogP contribution in [0.3, 0.4) is 0 Å². The molecule has 3 rings (SSSR count). The number of benzene rings is 1. The van der Waals surface area contributed by atoms with Gasteiger partial charge in [0.15, 0.2) is 0 Å². The Bertz CT molecular complexity index is 488. The Morgan fingerprint density at radius 3 is 3.05 bits per heavy atom. The van der Waals surface area contributed by atoms with E-state index in [2.05, 4.69) is 36.0 Å². The van der Waals surface area contributed by atoms with E-state index in [0.29, 0.717) is 6.04 Å². The highest BCUT2D eigenvalue weighted by Gasteiger charge is 2.33. The number of para-hydroxylation sites is 1. The van der Waals surface area contributed by atoms with Crippen molar-refractivity contribution < 1.29 is 4.79 Å². The van der Waals surface area contributed by atoms with Gasteiger partial charge in [0.2, 0.25) is 5.91 Å². The van der Waals surface area contributed by atoms with Crippen molar-refractivity contribution in [2.75, 3.05) is 11.4 Å². The number of nitrogens with zero attached hydrogens (tertiary/aromatic N) is 1. The number of rotatable bonds is 3. The fraction of sp³-hybridized carbons (Fsp3) is 0.562. The number of nitrogens with one attached hydrogen (secondary N) is 2. The summed E-state index contributed by atoms with van der Waals surface area (Å²) < 4.78 is 0. The summed E-state index contributed by atoms with van der Waals surface area (Å²) in [5.74, 6) is 0.211. The average molecular weight is 273 g/mol. The van der Waals surface area contributed by atoms with Gasteiger partial charge in [0.05, 0.1) is 0 Å². The molecule has 1 aromatic carbocycles. The van der Waals surface area contributed by atoms with E-state index in [4.69, 9.17) is 0 Å². The van der Waals surface area contributed by atoms with Gasteiger partial charge in [-0.1, -0.05) is 31.5 Å². The zero-order valence-corrected chi connectivity index (χ0v) is 12.1. The van der Waals surface area contributed by atoms with Crippen LogP contribution in [0.4, 0.5) is 5.69 Å². The molecular formula is C16H23N3O. The topological polar surface area (TPSA) is 44.4 Å².